The standard InChI is InChI=1S/C19H24N2O3/c22-17-9-11-21(12-10-17)19(24)15-5-7-16(8-6-15)20-18(23)13-14-3-1-2-4-14/h1,3,5-8,14,17,22H,2,4,9-13H2,(H,20,23). The van der Waals surface area contributed by atoms with Crippen molar-refractivity contribution in [2.75, 3.05) is 18.4 Å². The lowest BCUT2D eigenvalue weighted by atomic mass is 10.0. The minimum Gasteiger partial charge on any atom is -0.393 e. The van der Waals surface area contributed by atoms with Crippen LogP contribution in [0.1, 0.15) is 42.5 Å². The van der Waals surface area contributed by atoms with E-state index >= 15 is 0 Å². The second-order valence-electron chi connectivity index (χ2n) is 6.62. The number of piperidine rings is 1. The summed E-state index contributed by atoms with van der Waals surface area (Å²) in [5.74, 6) is 0.340. The highest BCUT2D eigenvalue weighted by molar-refractivity contribution is 5.96. The molecule has 24 heavy (non-hydrogen) atoms. The third-order valence-corrected chi connectivity index (χ3v) is 4.73. The average Bonchev–Trinajstić information content (AvgIpc) is 3.08. The molecule has 2 aliphatic rings. The van der Waals surface area contributed by atoms with Crippen molar-refractivity contribution in [2.45, 2.75) is 38.2 Å². The maximum absolute atomic E-state index is 12.4. The second-order valence-corrected chi connectivity index (χ2v) is 6.62. The number of aliphatic hydroxyl groups excluding tert-OH is 1. The summed E-state index contributed by atoms with van der Waals surface area (Å²) >= 11 is 0. The van der Waals surface area contributed by atoms with Crippen molar-refractivity contribution in [3.8, 4) is 0 Å². The van der Waals surface area contributed by atoms with Gasteiger partial charge in [-0.25, -0.2) is 0 Å². The van der Waals surface area contributed by atoms with Crippen LogP contribution in [0.25, 0.3) is 0 Å². The van der Waals surface area contributed by atoms with E-state index in [-0.39, 0.29) is 17.9 Å². The van der Waals surface area contributed by atoms with Gasteiger partial charge in [-0.15, -0.1) is 0 Å². The Kier molecular flexibility index (Phi) is 5.30. The number of amides is 2. The summed E-state index contributed by atoms with van der Waals surface area (Å²) in [6.07, 6.45) is 7.82. The fraction of sp³-hybridized carbons (Fsp3) is 0.474. The topological polar surface area (TPSA) is 69.6 Å². The number of hydrogen-bond donors (Lipinski definition) is 2. The number of nitrogens with one attached hydrogen (secondary N) is 1. The van der Waals surface area contributed by atoms with Crippen molar-refractivity contribution in [3.05, 3.63) is 42.0 Å². The van der Waals surface area contributed by atoms with Crippen LogP contribution in [-0.2, 0) is 4.79 Å². The molecular weight excluding hydrogens is 304 g/mol. The van der Waals surface area contributed by atoms with Gasteiger partial charge in [0.1, 0.15) is 0 Å². The molecule has 0 bridgehead atoms. The van der Waals surface area contributed by atoms with Gasteiger partial charge in [0.2, 0.25) is 5.91 Å². The Bertz CT molecular complexity index is 616. The first-order valence-corrected chi connectivity index (χ1v) is 8.66. The third-order valence-electron chi connectivity index (χ3n) is 4.73. The van der Waals surface area contributed by atoms with E-state index in [4.69, 9.17) is 0 Å². The Hall–Kier alpha value is -2.14. The largest absolute Gasteiger partial charge is 0.393 e. The molecule has 2 amide bonds. The molecule has 1 fully saturated rings. The van der Waals surface area contributed by atoms with Crippen molar-refractivity contribution in [3.63, 3.8) is 0 Å². The Balaban J connectivity index is 1.53. The molecule has 1 aromatic rings. The second kappa shape index (κ2) is 7.62. The summed E-state index contributed by atoms with van der Waals surface area (Å²) in [4.78, 5) is 26.2. The van der Waals surface area contributed by atoms with E-state index in [1.54, 1.807) is 29.2 Å². The number of allylic oxidation sites excluding steroid dienone is 2. The number of benzene rings is 1. The molecule has 1 aliphatic heterocycles. The Labute approximate surface area is 142 Å². The lowest BCUT2D eigenvalue weighted by molar-refractivity contribution is -0.116. The number of anilines is 1. The van der Waals surface area contributed by atoms with Crippen LogP contribution in [0.3, 0.4) is 0 Å². The van der Waals surface area contributed by atoms with Crippen molar-refractivity contribution < 1.29 is 14.7 Å². The Morgan fingerprint density at radius 3 is 2.46 bits per heavy atom. The van der Waals surface area contributed by atoms with Crippen molar-refractivity contribution in [1.29, 1.82) is 0 Å². The summed E-state index contributed by atoms with van der Waals surface area (Å²) in [6.45, 7) is 1.18. The van der Waals surface area contributed by atoms with Gasteiger partial charge in [-0.2, -0.15) is 0 Å². The van der Waals surface area contributed by atoms with E-state index in [9.17, 15) is 14.7 Å². The lowest BCUT2D eigenvalue weighted by Gasteiger charge is -2.29. The molecular formula is C19H24N2O3. The van der Waals surface area contributed by atoms with Gasteiger partial charge >= 0.3 is 0 Å². The molecule has 3 rings (SSSR count). The fourth-order valence-corrected chi connectivity index (χ4v) is 3.26. The molecule has 1 saturated heterocycles. The Morgan fingerprint density at radius 2 is 1.83 bits per heavy atom. The molecule has 0 spiro atoms. The summed E-state index contributed by atoms with van der Waals surface area (Å²) in [6, 6.07) is 7.04. The van der Waals surface area contributed by atoms with E-state index in [1.807, 2.05) is 0 Å². The number of likely N-dealkylation sites (tertiary alicyclic amines) is 1. The zero-order valence-corrected chi connectivity index (χ0v) is 13.8. The van der Waals surface area contributed by atoms with Gasteiger partial charge in [-0.1, -0.05) is 12.2 Å². The van der Waals surface area contributed by atoms with Crippen LogP contribution in [0.15, 0.2) is 36.4 Å². The van der Waals surface area contributed by atoms with Crippen LogP contribution in [0, 0.1) is 5.92 Å². The number of carbonyl (C=O) groups is 2. The Morgan fingerprint density at radius 1 is 1.12 bits per heavy atom. The molecule has 0 radical (unpaired) electrons. The smallest absolute Gasteiger partial charge is 0.253 e. The highest BCUT2D eigenvalue weighted by atomic mass is 16.3. The van der Waals surface area contributed by atoms with E-state index in [1.165, 1.54) is 0 Å². The van der Waals surface area contributed by atoms with Gasteiger partial charge in [0.05, 0.1) is 6.10 Å². The predicted octanol–water partition coefficient (Wildman–Crippen LogP) is 2.58. The lowest BCUT2D eigenvalue weighted by Crippen LogP contribution is -2.40. The number of carbonyl (C=O) groups excluding carboxylic acids is 2. The minimum absolute atomic E-state index is 0.00986. The highest BCUT2D eigenvalue weighted by Crippen LogP contribution is 2.21. The van der Waals surface area contributed by atoms with Gasteiger partial charge in [0, 0.05) is 30.8 Å². The molecule has 1 unspecified atom stereocenters. The first kappa shape index (κ1) is 16.7. The molecule has 1 heterocycles. The summed E-state index contributed by atoms with van der Waals surface area (Å²) in [7, 11) is 0. The van der Waals surface area contributed by atoms with Gasteiger partial charge in [-0.3, -0.25) is 9.59 Å². The highest BCUT2D eigenvalue weighted by Gasteiger charge is 2.22. The summed E-state index contributed by atoms with van der Waals surface area (Å²) < 4.78 is 0. The molecule has 1 aromatic carbocycles. The van der Waals surface area contributed by atoms with Crippen LogP contribution >= 0.6 is 0 Å². The fourth-order valence-electron chi connectivity index (χ4n) is 3.26. The van der Waals surface area contributed by atoms with E-state index in [0.29, 0.717) is 49.5 Å². The van der Waals surface area contributed by atoms with E-state index in [2.05, 4.69) is 17.5 Å². The molecule has 0 saturated carbocycles. The normalized spacial score (nSPS) is 21.0. The first-order chi connectivity index (χ1) is 11.6. The zero-order valence-electron chi connectivity index (χ0n) is 13.8. The van der Waals surface area contributed by atoms with Gasteiger partial charge < -0.3 is 15.3 Å². The molecule has 5 heteroatoms. The summed E-state index contributed by atoms with van der Waals surface area (Å²) in [5.41, 5.74) is 1.33. The third kappa shape index (κ3) is 4.23. The number of nitrogens with zero attached hydrogens (tertiary/aromatic N) is 1. The van der Waals surface area contributed by atoms with E-state index in [0.717, 1.165) is 12.8 Å². The SMILES string of the molecule is O=C(CC1C=CCC1)Nc1ccc(C(=O)N2CCC(O)CC2)cc1. The van der Waals surface area contributed by atoms with Crippen molar-refractivity contribution in [2.24, 2.45) is 5.92 Å². The minimum atomic E-state index is -0.290. The average molecular weight is 328 g/mol. The van der Waals surface area contributed by atoms with Crippen LogP contribution < -0.4 is 5.32 Å². The number of aliphatic hydroxyl groups is 1. The van der Waals surface area contributed by atoms with Gasteiger partial charge in [0.25, 0.3) is 5.91 Å². The van der Waals surface area contributed by atoms with Crippen molar-refractivity contribution in [1.82, 2.24) is 4.90 Å². The first-order valence-electron chi connectivity index (χ1n) is 8.66. The molecule has 2 N–H and O–H groups in total. The van der Waals surface area contributed by atoms with E-state index < -0.39 is 0 Å². The predicted molar refractivity (Wildman–Crippen MR) is 92.7 cm³/mol. The number of rotatable bonds is 4. The van der Waals surface area contributed by atoms with Crippen molar-refractivity contribution >= 4 is 17.5 Å². The zero-order chi connectivity index (χ0) is 16.9. The van der Waals surface area contributed by atoms with Crippen LogP contribution in [-0.4, -0.2) is 41.0 Å². The molecule has 1 aliphatic carbocycles. The van der Waals surface area contributed by atoms with Crippen LogP contribution in [0.2, 0.25) is 0 Å². The molecule has 0 aromatic heterocycles. The van der Waals surface area contributed by atoms with Gasteiger partial charge in [-0.05, 0) is 55.9 Å². The molecule has 1 atom stereocenters. The monoisotopic (exact) mass is 328 g/mol. The number of hydrogen-bond acceptors (Lipinski definition) is 3. The maximum Gasteiger partial charge on any atom is 0.253 e. The van der Waals surface area contributed by atoms with Gasteiger partial charge in [0.15, 0.2) is 0 Å². The molecule has 128 valence electrons. The maximum atomic E-state index is 12.4. The quantitative estimate of drug-likeness (QED) is 0.835. The summed E-state index contributed by atoms with van der Waals surface area (Å²) in [5, 5.41) is 12.4. The molecule has 5 nitrogen and oxygen atoms in total. The van der Waals surface area contributed by atoms with Crippen LogP contribution in [0.5, 0.6) is 0 Å². The van der Waals surface area contributed by atoms with Crippen LogP contribution in [0.4, 0.5) is 5.69 Å².